The van der Waals surface area contributed by atoms with Crippen molar-refractivity contribution in [3.8, 4) is 0 Å². The summed E-state index contributed by atoms with van der Waals surface area (Å²) in [7, 11) is 2.11. The normalized spacial score (nSPS) is 32.0. The van der Waals surface area contributed by atoms with Gasteiger partial charge in [-0.05, 0) is 70.3 Å². The van der Waals surface area contributed by atoms with E-state index in [1.807, 2.05) is 11.3 Å². The number of fused-ring (bicyclic) bond motifs is 1. The van der Waals surface area contributed by atoms with Crippen LogP contribution in [0.3, 0.4) is 0 Å². The summed E-state index contributed by atoms with van der Waals surface area (Å²) < 4.78 is 0. The molecule has 3 heterocycles. The average Bonchev–Trinajstić information content (AvgIpc) is 3.27. The summed E-state index contributed by atoms with van der Waals surface area (Å²) in [4.78, 5) is 19.8. The zero-order chi connectivity index (χ0) is 17.4. The molecule has 5 heteroatoms. The number of piperidine rings is 2. The smallest absolute Gasteiger partial charge is 0.311 e. The zero-order valence-corrected chi connectivity index (χ0v) is 16.1. The van der Waals surface area contributed by atoms with Gasteiger partial charge in [0.05, 0.1) is 5.41 Å². The largest absolute Gasteiger partial charge is 0.481 e. The van der Waals surface area contributed by atoms with Gasteiger partial charge in [-0.2, -0.15) is 0 Å². The zero-order valence-electron chi connectivity index (χ0n) is 15.2. The van der Waals surface area contributed by atoms with Crippen LogP contribution in [-0.4, -0.2) is 53.6 Å². The van der Waals surface area contributed by atoms with Crippen LogP contribution in [0.1, 0.15) is 60.6 Å². The highest BCUT2D eigenvalue weighted by molar-refractivity contribution is 7.12. The highest BCUT2D eigenvalue weighted by Gasteiger charge is 2.52. The van der Waals surface area contributed by atoms with Crippen LogP contribution >= 0.6 is 11.3 Å². The Kier molecular flexibility index (Phi) is 4.91. The Morgan fingerprint density at radius 1 is 1.24 bits per heavy atom. The minimum atomic E-state index is -0.580. The number of rotatable bonds is 4. The lowest BCUT2D eigenvalue weighted by atomic mass is 9.68. The van der Waals surface area contributed by atoms with Crippen LogP contribution in [0.25, 0.3) is 0 Å². The fourth-order valence-electron chi connectivity index (χ4n) is 5.32. The van der Waals surface area contributed by atoms with Gasteiger partial charge in [0.2, 0.25) is 0 Å². The van der Waals surface area contributed by atoms with Gasteiger partial charge < -0.3 is 10.0 Å². The lowest BCUT2D eigenvalue weighted by Gasteiger charge is -2.51. The number of thiophene rings is 1. The third kappa shape index (κ3) is 3.26. The van der Waals surface area contributed by atoms with Gasteiger partial charge in [0.25, 0.3) is 0 Å². The SMILES string of the molecule is CN1CCC[C@]2(C(=O)O)CCN(Cc3ccc(C4CCCC4)s3)C[C@@H]12. The van der Waals surface area contributed by atoms with Gasteiger partial charge in [0.1, 0.15) is 0 Å². The van der Waals surface area contributed by atoms with Crippen LogP contribution < -0.4 is 0 Å². The Morgan fingerprint density at radius 2 is 2.04 bits per heavy atom. The standard InChI is InChI=1S/C20H30N2O2S/c1-21-11-4-9-20(19(23)24)10-12-22(14-18(20)21)13-16-7-8-17(25-16)15-5-2-3-6-15/h7-8,15,18H,2-6,9-14H2,1H3,(H,23,24)/t18-,20+/m1/s1. The number of likely N-dealkylation sites (N-methyl/N-ethyl adjacent to an activating group) is 1. The van der Waals surface area contributed by atoms with Crippen molar-refractivity contribution in [3.05, 3.63) is 21.9 Å². The average molecular weight is 363 g/mol. The summed E-state index contributed by atoms with van der Waals surface area (Å²) in [6.45, 7) is 3.81. The molecule has 1 saturated carbocycles. The molecule has 1 aromatic heterocycles. The highest BCUT2D eigenvalue weighted by atomic mass is 32.1. The molecule has 1 aliphatic carbocycles. The number of hydrogen-bond acceptors (Lipinski definition) is 4. The first-order chi connectivity index (χ1) is 12.1. The van der Waals surface area contributed by atoms with Gasteiger partial charge in [-0.3, -0.25) is 9.69 Å². The number of aliphatic carboxylic acids is 1. The van der Waals surface area contributed by atoms with E-state index < -0.39 is 11.4 Å². The van der Waals surface area contributed by atoms with Crippen molar-refractivity contribution < 1.29 is 9.90 Å². The third-order valence-electron chi connectivity index (χ3n) is 6.85. The lowest BCUT2D eigenvalue weighted by Crippen LogP contribution is -2.62. The Balaban J connectivity index is 1.44. The molecule has 2 atom stereocenters. The Hall–Kier alpha value is -0.910. The fourth-order valence-corrected chi connectivity index (χ4v) is 6.54. The van der Waals surface area contributed by atoms with Crippen LogP contribution in [0.5, 0.6) is 0 Å². The van der Waals surface area contributed by atoms with E-state index in [1.54, 1.807) is 4.88 Å². The second kappa shape index (κ2) is 7.01. The fraction of sp³-hybridized carbons (Fsp3) is 0.750. The molecule has 0 unspecified atom stereocenters. The molecule has 3 aliphatic rings. The van der Waals surface area contributed by atoms with Crippen molar-refractivity contribution in [2.24, 2.45) is 5.41 Å². The van der Waals surface area contributed by atoms with Crippen molar-refractivity contribution in [1.82, 2.24) is 9.80 Å². The minimum absolute atomic E-state index is 0.154. The summed E-state index contributed by atoms with van der Waals surface area (Å²) in [6, 6.07) is 4.80. The van der Waals surface area contributed by atoms with E-state index in [-0.39, 0.29) is 6.04 Å². The van der Waals surface area contributed by atoms with Crippen LogP contribution in [-0.2, 0) is 11.3 Å². The van der Waals surface area contributed by atoms with Crippen LogP contribution in [0.2, 0.25) is 0 Å². The maximum atomic E-state index is 12.0. The van der Waals surface area contributed by atoms with Gasteiger partial charge in [0.15, 0.2) is 0 Å². The second-order valence-corrected chi connectivity index (χ2v) is 9.53. The van der Waals surface area contributed by atoms with Crippen molar-refractivity contribution in [2.45, 2.75) is 63.5 Å². The van der Waals surface area contributed by atoms with E-state index in [1.165, 1.54) is 30.6 Å². The van der Waals surface area contributed by atoms with E-state index in [0.29, 0.717) is 0 Å². The second-order valence-electron chi connectivity index (χ2n) is 8.33. The molecule has 0 amide bonds. The summed E-state index contributed by atoms with van der Waals surface area (Å²) in [6.07, 6.45) is 8.13. The first-order valence-corrected chi connectivity index (χ1v) is 10.6. The van der Waals surface area contributed by atoms with Gasteiger partial charge in [-0.15, -0.1) is 11.3 Å². The van der Waals surface area contributed by atoms with Crippen molar-refractivity contribution in [1.29, 1.82) is 0 Å². The van der Waals surface area contributed by atoms with Crippen LogP contribution in [0.15, 0.2) is 12.1 Å². The van der Waals surface area contributed by atoms with Gasteiger partial charge >= 0.3 is 5.97 Å². The Morgan fingerprint density at radius 3 is 2.80 bits per heavy atom. The van der Waals surface area contributed by atoms with Crippen LogP contribution in [0, 0.1) is 5.41 Å². The molecule has 25 heavy (non-hydrogen) atoms. The van der Waals surface area contributed by atoms with E-state index >= 15 is 0 Å². The number of likely N-dealkylation sites (tertiary alicyclic amines) is 2. The summed E-state index contributed by atoms with van der Waals surface area (Å²) >= 11 is 1.99. The van der Waals surface area contributed by atoms with E-state index in [9.17, 15) is 9.90 Å². The van der Waals surface area contributed by atoms with E-state index in [0.717, 1.165) is 51.4 Å². The number of hydrogen-bond donors (Lipinski definition) is 1. The van der Waals surface area contributed by atoms with E-state index in [4.69, 9.17) is 0 Å². The maximum Gasteiger partial charge on any atom is 0.311 e. The molecule has 4 rings (SSSR count). The molecule has 2 saturated heterocycles. The topological polar surface area (TPSA) is 43.8 Å². The molecule has 138 valence electrons. The highest BCUT2D eigenvalue weighted by Crippen LogP contribution is 2.43. The quantitative estimate of drug-likeness (QED) is 0.885. The molecule has 3 fully saturated rings. The summed E-state index contributed by atoms with van der Waals surface area (Å²) in [5.74, 6) is 0.215. The molecule has 0 spiro atoms. The molecule has 4 nitrogen and oxygen atoms in total. The first-order valence-electron chi connectivity index (χ1n) is 9.83. The van der Waals surface area contributed by atoms with Gasteiger partial charge in [-0.1, -0.05) is 12.8 Å². The van der Waals surface area contributed by atoms with Crippen molar-refractivity contribution in [2.75, 3.05) is 26.7 Å². The first kappa shape index (κ1) is 17.5. The third-order valence-corrected chi connectivity index (χ3v) is 8.09. The lowest BCUT2D eigenvalue weighted by molar-refractivity contribution is -0.162. The monoisotopic (exact) mass is 362 g/mol. The molecular formula is C20H30N2O2S. The van der Waals surface area contributed by atoms with E-state index in [2.05, 4.69) is 29.0 Å². The molecule has 0 radical (unpaired) electrons. The van der Waals surface area contributed by atoms with Crippen molar-refractivity contribution in [3.63, 3.8) is 0 Å². The molecule has 1 N–H and O–H groups in total. The summed E-state index contributed by atoms with van der Waals surface area (Å²) in [5.41, 5.74) is -0.520. The van der Waals surface area contributed by atoms with Crippen molar-refractivity contribution >= 4 is 17.3 Å². The molecule has 1 aromatic rings. The molecule has 0 bridgehead atoms. The summed E-state index contributed by atoms with van der Waals surface area (Å²) in [5, 5.41) is 9.90. The van der Waals surface area contributed by atoms with Gasteiger partial charge in [-0.25, -0.2) is 0 Å². The molecule has 2 aliphatic heterocycles. The Bertz CT molecular complexity index is 625. The molecule has 0 aromatic carbocycles. The Labute approximate surface area is 154 Å². The van der Waals surface area contributed by atoms with Crippen LogP contribution in [0.4, 0.5) is 0 Å². The number of carboxylic acid groups (broad SMARTS) is 1. The number of carbonyl (C=O) groups is 1. The number of nitrogens with zero attached hydrogens (tertiary/aromatic N) is 2. The minimum Gasteiger partial charge on any atom is -0.481 e. The molecular weight excluding hydrogens is 332 g/mol. The maximum absolute atomic E-state index is 12.0. The number of carboxylic acids is 1. The predicted octanol–water partition coefficient (Wildman–Crippen LogP) is 3.78. The van der Waals surface area contributed by atoms with Gasteiger partial charge in [0, 0.05) is 28.9 Å². The predicted molar refractivity (Wildman–Crippen MR) is 101 cm³/mol.